The molecule has 1 aliphatic heterocycles. The van der Waals surface area contributed by atoms with Gasteiger partial charge in [0.05, 0.1) is 16.0 Å². The van der Waals surface area contributed by atoms with Gasteiger partial charge in [-0.15, -0.1) is 0 Å². The molecule has 1 fully saturated rings. The standard InChI is InChI=1S/C14H12BrN5O/c15-9-7-16-6-8-3-4-11(18-12(8)9)14-19-13(20-21-14)10-2-1-5-17-10/h3-4,6-7,10,17H,1-2,5H2/t10-/m0/s1. The van der Waals surface area contributed by atoms with Crippen LogP contribution in [-0.2, 0) is 0 Å². The van der Waals surface area contributed by atoms with Crippen molar-refractivity contribution in [2.45, 2.75) is 18.9 Å². The molecule has 1 N–H and O–H groups in total. The first-order chi connectivity index (χ1) is 10.3. The van der Waals surface area contributed by atoms with E-state index in [1.165, 1.54) is 0 Å². The lowest BCUT2D eigenvalue weighted by atomic mass is 10.2. The van der Waals surface area contributed by atoms with Gasteiger partial charge in [-0.1, -0.05) is 5.16 Å². The predicted molar refractivity (Wildman–Crippen MR) is 80.5 cm³/mol. The van der Waals surface area contributed by atoms with Gasteiger partial charge in [-0.25, -0.2) is 4.98 Å². The van der Waals surface area contributed by atoms with Crippen molar-refractivity contribution >= 4 is 26.8 Å². The molecule has 3 aromatic heterocycles. The highest BCUT2D eigenvalue weighted by atomic mass is 79.9. The number of hydrogen-bond donors (Lipinski definition) is 1. The Bertz CT molecular complexity index is 797. The molecule has 1 aliphatic rings. The number of pyridine rings is 2. The van der Waals surface area contributed by atoms with Gasteiger partial charge in [0.2, 0.25) is 0 Å². The van der Waals surface area contributed by atoms with Crippen LogP contribution in [0.15, 0.2) is 33.5 Å². The van der Waals surface area contributed by atoms with E-state index in [0.29, 0.717) is 17.4 Å². The number of nitrogens with one attached hydrogen (secondary N) is 1. The van der Waals surface area contributed by atoms with Gasteiger partial charge < -0.3 is 9.84 Å². The summed E-state index contributed by atoms with van der Waals surface area (Å²) < 4.78 is 6.20. The molecule has 21 heavy (non-hydrogen) atoms. The van der Waals surface area contributed by atoms with Crippen molar-refractivity contribution in [2.75, 3.05) is 6.54 Å². The second kappa shape index (κ2) is 5.16. The summed E-state index contributed by atoms with van der Waals surface area (Å²) in [6, 6.07) is 4.02. The fourth-order valence-electron chi connectivity index (χ4n) is 2.51. The van der Waals surface area contributed by atoms with Crippen molar-refractivity contribution in [3.8, 4) is 11.6 Å². The maximum Gasteiger partial charge on any atom is 0.276 e. The van der Waals surface area contributed by atoms with Crippen LogP contribution in [0.25, 0.3) is 22.5 Å². The van der Waals surface area contributed by atoms with Crippen LogP contribution in [-0.4, -0.2) is 26.7 Å². The average Bonchev–Trinajstić information content (AvgIpc) is 3.18. The van der Waals surface area contributed by atoms with Gasteiger partial charge in [-0.3, -0.25) is 4.98 Å². The van der Waals surface area contributed by atoms with Gasteiger partial charge >= 0.3 is 0 Å². The summed E-state index contributed by atoms with van der Waals surface area (Å²) >= 11 is 3.46. The highest BCUT2D eigenvalue weighted by molar-refractivity contribution is 9.10. The minimum absolute atomic E-state index is 0.193. The fraction of sp³-hybridized carbons (Fsp3) is 0.286. The van der Waals surface area contributed by atoms with Crippen LogP contribution in [0.1, 0.15) is 24.7 Å². The maximum atomic E-state index is 5.36. The Morgan fingerprint density at radius 2 is 2.19 bits per heavy atom. The number of hydrogen-bond acceptors (Lipinski definition) is 6. The molecule has 6 nitrogen and oxygen atoms in total. The molecule has 0 amide bonds. The monoisotopic (exact) mass is 345 g/mol. The zero-order chi connectivity index (χ0) is 14.2. The van der Waals surface area contributed by atoms with Crippen LogP contribution in [0.2, 0.25) is 0 Å². The second-order valence-electron chi connectivity index (χ2n) is 5.00. The largest absolute Gasteiger partial charge is 0.332 e. The number of fused-ring (bicyclic) bond motifs is 1. The first kappa shape index (κ1) is 12.8. The van der Waals surface area contributed by atoms with Crippen LogP contribution in [0.5, 0.6) is 0 Å². The van der Waals surface area contributed by atoms with E-state index < -0.39 is 0 Å². The van der Waals surface area contributed by atoms with E-state index in [1.807, 2.05) is 12.1 Å². The molecule has 0 aromatic carbocycles. The SMILES string of the molecule is Brc1cncc2ccc(-c3nc([C@@H]4CCCN4)no3)nc12. The minimum atomic E-state index is 0.193. The Morgan fingerprint density at radius 3 is 3.05 bits per heavy atom. The predicted octanol–water partition coefficient (Wildman–Crippen LogP) is 2.87. The second-order valence-corrected chi connectivity index (χ2v) is 5.85. The van der Waals surface area contributed by atoms with Crippen LogP contribution >= 0.6 is 15.9 Å². The molecular weight excluding hydrogens is 334 g/mol. The fourth-order valence-corrected chi connectivity index (χ4v) is 2.95. The van der Waals surface area contributed by atoms with Crippen molar-refractivity contribution in [3.05, 3.63) is 34.8 Å². The third-order valence-electron chi connectivity index (χ3n) is 3.59. The molecule has 3 aromatic rings. The Labute approximate surface area is 129 Å². The van der Waals surface area contributed by atoms with Crippen molar-refractivity contribution in [3.63, 3.8) is 0 Å². The molecule has 0 saturated carbocycles. The van der Waals surface area contributed by atoms with E-state index in [0.717, 1.165) is 34.8 Å². The molecule has 0 aliphatic carbocycles. The topological polar surface area (TPSA) is 76.7 Å². The molecular formula is C14H12BrN5O. The normalized spacial score (nSPS) is 18.4. The average molecular weight is 346 g/mol. The molecule has 0 unspecified atom stereocenters. The molecule has 0 bridgehead atoms. The summed E-state index contributed by atoms with van der Waals surface area (Å²) in [7, 11) is 0. The van der Waals surface area contributed by atoms with E-state index in [4.69, 9.17) is 4.52 Å². The van der Waals surface area contributed by atoms with Crippen molar-refractivity contribution < 1.29 is 4.52 Å². The number of rotatable bonds is 2. The molecule has 106 valence electrons. The van der Waals surface area contributed by atoms with Crippen LogP contribution in [0.4, 0.5) is 0 Å². The van der Waals surface area contributed by atoms with Crippen LogP contribution in [0.3, 0.4) is 0 Å². The zero-order valence-corrected chi connectivity index (χ0v) is 12.7. The highest BCUT2D eigenvalue weighted by Crippen LogP contribution is 2.26. The van der Waals surface area contributed by atoms with E-state index in [2.05, 4.69) is 41.4 Å². The lowest BCUT2D eigenvalue weighted by Gasteiger charge is -2.02. The minimum Gasteiger partial charge on any atom is -0.332 e. The van der Waals surface area contributed by atoms with Crippen molar-refractivity contribution in [1.82, 2.24) is 25.4 Å². The molecule has 4 heterocycles. The van der Waals surface area contributed by atoms with Crippen LogP contribution in [0, 0.1) is 0 Å². The summed E-state index contributed by atoms with van der Waals surface area (Å²) in [6.45, 7) is 1.00. The molecule has 1 saturated heterocycles. The Hall–Kier alpha value is -1.86. The summed E-state index contributed by atoms with van der Waals surface area (Å²) in [5.41, 5.74) is 1.51. The van der Waals surface area contributed by atoms with Crippen molar-refractivity contribution in [1.29, 1.82) is 0 Å². The lowest BCUT2D eigenvalue weighted by molar-refractivity contribution is 0.411. The number of halogens is 1. The third kappa shape index (κ3) is 2.32. The van der Waals surface area contributed by atoms with E-state index in [-0.39, 0.29) is 6.04 Å². The molecule has 0 spiro atoms. The zero-order valence-electron chi connectivity index (χ0n) is 11.1. The Morgan fingerprint density at radius 1 is 1.24 bits per heavy atom. The van der Waals surface area contributed by atoms with Crippen molar-refractivity contribution in [2.24, 2.45) is 0 Å². The quantitative estimate of drug-likeness (QED) is 0.769. The Kier molecular flexibility index (Phi) is 3.16. The van der Waals surface area contributed by atoms with E-state index in [1.54, 1.807) is 12.4 Å². The summed E-state index contributed by atoms with van der Waals surface area (Å²) in [6.07, 6.45) is 5.68. The Balaban J connectivity index is 1.74. The summed E-state index contributed by atoms with van der Waals surface area (Å²) in [4.78, 5) is 13.2. The first-order valence-corrected chi connectivity index (χ1v) is 7.58. The molecule has 1 atom stereocenters. The maximum absolute atomic E-state index is 5.36. The van der Waals surface area contributed by atoms with E-state index in [9.17, 15) is 0 Å². The number of nitrogens with zero attached hydrogens (tertiary/aromatic N) is 4. The van der Waals surface area contributed by atoms with Gasteiger partial charge in [0, 0.05) is 17.8 Å². The van der Waals surface area contributed by atoms with Gasteiger partial charge in [-0.05, 0) is 47.4 Å². The first-order valence-electron chi connectivity index (χ1n) is 6.79. The highest BCUT2D eigenvalue weighted by Gasteiger charge is 2.22. The summed E-state index contributed by atoms with van der Waals surface area (Å²) in [5.74, 6) is 1.16. The van der Waals surface area contributed by atoms with Gasteiger partial charge in [0.1, 0.15) is 5.69 Å². The third-order valence-corrected chi connectivity index (χ3v) is 4.17. The molecule has 7 heteroatoms. The molecule has 4 rings (SSSR count). The molecule has 0 radical (unpaired) electrons. The summed E-state index contributed by atoms with van der Waals surface area (Å²) in [5, 5.41) is 8.38. The van der Waals surface area contributed by atoms with Crippen LogP contribution < -0.4 is 5.32 Å². The smallest absolute Gasteiger partial charge is 0.276 e. The van der Waals surface area contributed by atoms with Gasteiger partial charge in [0.15, 0.2) is 5.82 Å². The van der Waals surface area contributed by atoms with Gasteiger partial charge in [-0.2, -0.15) is 4.98 Å². The number of aromatic nitrogens is 4. The van der Waals surface area contributed by atoms with Gasteiger partial charge in [0.25, 0.3) is 5.89 Å². The lowest BCUT2D eigenvalue weighted by Crippen LogP contribution is -2.14. The van der Waals surface area contributed by atoms with E-state index >= 15 is 0 Å².